The molecule has 1 aromatic rings. The van der Waals surface area contributed by atoms with Gasteiger partial charge in [-0.2, -0.15) is 0 Å². The first-order chi connectivity index (χ1) is 17.5. The molecule has 0 bridgehead atoms. The van der Waals surface area contributed by atoms with Crippen molar-refractivity contribution in [1.29, 1.82) is 0 Å². The van der Waals surface area contributed by atoms with Crippen LogP contribution in [0.3, 0.4) is 0 Å². The van der Waals surface area contributed by atoms with Gasteiger partial charge in [-0.05, 0) is 74.4 Å². The van der Waals surface area contributed by atoms with Crippen LogP contribution in [0.25, 0.3) is 0 Å². The Balaban J connectivity index is 1.32. The Hall–Kier alpha value is -3.08. The number of amides is 2. The Kier molecular flexibility index (Phi) is 9.21. The second kappa shape index (κ2) is 12.8. The number of carbonyl (C=O) groups is 1. The average molecular weight is 496 g/mol. The van der Waals surface area contributed by atoms with Crippen LogP contribution in [-0.4, -0.2) is 50.9 Å². The van der Waals surface area contributed by atoms with Crippen LogP contribution in [0.4, 0.5) is 10.5 Å². The topological polar surface area (TPSA) is 159 Å². The van der Waals surface area contributed by atoms with Crippen molar-refractivity contribution < 1.29 is 4.79 Å². The van der Waals surface area contributed by atoms with Crippen LogP contribution >= 0.6 is 0 Å². The largest absolute Gasteiger partial charge is 0.370 e. The number of rotatable bonds is 12. The van der Waals surface area contributed by atoms with Crippen molar-refractivity contribution in [2.75, 3.05) is 37.6 Å². The molecule has 3 aliphatic rings. The predicted molar refractivity (Wildman–Crippen MR) is 145 cm³/mol. The standard InChI is InChI=1S/C26H41N9O/c27-9-12-31-16-19-3-1-4-20(13-19)23-14-21-17-35(26(36)34-24(21)33-23)22-7-5-18(6-8-22)15-30-10-2-11-32-25(28)29/h5-8,14,17,19-20,24,30-31,33H,1-4,9-13,15-16,27H2,(H,34,36)(H4,28,29,32). The van der Waals surface area contributed by atoms with Gasteiger partial charge >= 0.3 is 6.03 Å². The molecule has 10 N–H and O–H groups in total. The number of anilines is 1. The highest BCUT2D eigenvalue weighted by molar-refractivity contribution is 5.96. The number of aliphatic imine (C=N–C) groups is 1. The van der Waals surface area contributed by atoms with Crippen molar-refractivity contribution in [2.45, 2.75) is 44.8 Å². The highest BCUT2D eigenvalue weighted by Gasteiger charge is 2.34. The number of nitrogens with zero attached hydrogens (tertiary/aromatic N) is 2. The van der Waals surface area contributed by atoms with Crippen molar-refractivity contribution in [3.8, 4) is 0 Å². The van der Waals surface area contributed by atoms with Crippen LogP contribution in [0.5, 0.6) is 0 Å². The number of fused-ring (bicyclic) bond motifs is 1. The van der Waals surface area contributed by atoms with E-state index in [4.69, 9.17) is 17.2 Å². The predicted octanol–water partition coefficient (Wildman–Crippen LogP) is 1.02. The second-order valence-electron chi connectivity index (χ2n) is 9.85. The van der Waals surface area contributed by atoms with Crippen LogP contribution in [0.15, 0.2) is 52.8 Å². The van der Waals surface area contributed by atoms with Gasteiger partial charge in [0.2, 0.25) is 0 Å². The molecule has 2 amide bonds. The summed E-state index contributed by atoms with van der Waals surface area (Å²) in [7, 11) is 0. The number of hydrogen-bond donors (Lipinski definition) is 7. The fourth-order valence-electron chi connectivity index (χ4n) is 5.20. The Morgan fingerprint density at radius 1 is 1.11 bits per heavy atom. The smallest absolute Gasteiger partial charge is 0.327 e. The lowest BCUT2D eigenvalue weighted by molar-refractivity contribution is 0.242. The first kappa shape index (κ1) is 26.0. The molecule has 4 rings (SSSR count). The Labute approximate surface area is 213 Å². The monoisotopic (exact) mass is 495 g/mol. The molecule has 3 unspecified atom stereocenters. The van der Waals surface area contributed by atoms with Gasteiger partial charge in [-0.1, -0.05) is 18.6 Å². The zero-order valence-electron chi connectivity index (χ0n) is 21.0. The van der Waals surface area contributed by atoms with Crippen LogP contribution in [0.2, 0.25) is 0 Å². The molecule has 0 saturated heterocycles. The van der Waals surface area contributed by atoms with Crippen LogP contribution in [0.1, 0.15) is 37.7 Å². The lowest BCUT2D eigenvalue weighted by Gasteiger charge is -2.32. The number of nitrogens with one attached hydrogen (secondary N) is 4. The van der Waals surface area contributed by atoms with Crippen molar-refractivity contribution in [1.82, 2.24) is 21.3 Å². The van der Waals surface area contributed by atoms with E-state index in [2.05, 4.69) is 32.3 Å². The van der Waals surface area contributed by atoms with Gasteiger partial charge in [0.25, 0.3) is 0 Å². The normalized spacial score (nSPS) is 23.3. The van der Waals surface area contributed by atoms with Crippen molar-refractivity contribution in [2.24, 2.45) is 34.0 Å². The minimum absolute atomic E-state index is 0.121. The number of urea groups is 1. The fourth-order valence-corrected chi connectivity index (χ4v) is 5.20. The van der Waals surface area contributed by atoms with E-state index >= 15 is 0 Å². The number of nitrogens with two attached hydrogens (primary N) is 3. The quantitative estimate of drug-likeness (QED) is 0.129. The molecular weight excluding hydrogens is 454 g/mol. The molecule has 2 heterocycles. The molecule has 0 aromatic heterocycles. The van der Waals surface area contributed by atoms with E-state index in [1.165, 1.54) is 25.0 Å². The zero-order valence-corrected chi connectivity index (χ0v) is 21.0. The third kappa shape index (κ3) is 6.99. The fraction of sp³-hybridized carbons (Fsp3) is 0.538. The molecular formula is C26H41N9O. The van der Waals surface area contributed by atoms with Crippen molar-refractivity contribution in [3.05, 3.63) is 53.4 Å². The van der Waals surface area contributed by atoms with Gasteiger partial charge in [-0.25, -0.2) is 4.79 Å². The maximum absolute atomic E-state index is 12.9. The van der Waals surface area contributed by atoms with Gasteiger partial charge in [-0.15, -0.1) is 0 Å². The molecule has 1 fully saturated rings. The maximum Gasteiger partial charge on any atom is 0.327 e. The Morgan fingerprint density at radius 2 is 1.94 bits per heavy atom. The van der Waals surface area contributed by atoms with E-state index in [1.807, 2.05) is 30.5 Å². The molecule has 1 saturated carbocycles. The summed E-state index contributed by atoms with van der Waals surface area (Å²) in [5.41, 5.74) is 20.6. The van der Waals surface area contributed by atoms with Gasteiger partial charge in [-0.3, -0.25) is 9.89 Å². The van der Waals surface area contributed by atoms with E-state index in [9.17, 15) is 4.79 Å². The molecule has 2 aliphatic heterocycles. The van der Waals surface area contributed by atoms with Crippen LogP contribution in [0, 0.1) is 11.8 Å². The summed E-state index contributed by atoms with van der Waals surface area (Å²) in [5.74, 6) is 1.31. The number of carbonyl (C=O) groups excluding carboxylic acids is 1. The first-order valence-corrected chi connectivity index (χ1v) is 13.1. The van der Waals surface area contributed by atoms with Gasteiger partial charge in [0.1, 0.15) is 6.17 Å². The molecule has 10 heteroatoms. The molecule has 196 valence electrons. The Bertz CT molecular complexity index is 968. The number of guanidine groups is 1. The SMILES string of the molecule is NCCNCC1CCCC(C2=CC3=CN(c4ccc(CNCCCN=C(N)N)cc4)C(=O)NC3N2)C1. The molecule has 10 nitrogen and oxygen atoms in total. The summed E-state index contributed by atoms with van der Waals surface area (Å²) in [5, 5.41) is 13.5. The molecule has 0 radical (unpaired) electrons. The molecule has 1 aromatic carbocycles. The third-order valence-corrected chi connectivity index (χ3v) is 7.06. The van der Waals surface area contributed by atoms with Crippen molar-refractivity contribution >= 4 is 17.7 Å². The number of allylic oxidation sites excluding steroid dienone is 1. The summed E-state index contributed by atoms with van der Waals surface area (Å²) in [6.07, 6.45) is 9.77. The average Bonchev–Trinajstić information content (AvgIpc) is 3.29. The van der Waals surface area contributed by atoms with E-state index in [-0.39, 0.29) is 18.2 Å². The van der Waals surface area contributed by atoms with Gasteiger partial charge in [0.05, 0.1) is 5.69 Å². The molecule has 0 spiro atoms. The summed E-state index contributed by atoms with van der Waals surface area (Å²) in [6, 6.07) is 7.95. The Morgan fingerprint density at radius 3 is 2.72 bits per heavy atom. The summed E-state index contributed by atoms with van der Waals surface area (Å²) in [4.78, 5) is 18.5. The van der Waals surface area contributed by atoms with Gasteiger partial charge in [0, 0.05) is 43.6 Å². The third-order valence-electron chi connectivity index (χ3n) is 7.06. The van der Waals surface area contributed by atoms with E-state index in [0.29, 0.717) is 24.9 Å². The lowest BCUT2D eigenvalue weighted by atomic mass is 9.79. The minimum atomic E-state index is -0.151. The highest BCUT2D eigenvalue weighted by atomic mass is 16.2. The zero-order chi connectivity index (χ0) is 25.3. The number of benzene rings is 1. The molecule has 3 atom stereocenters. The summed E-state index contributed by atoms with van der Waals surface area (Å²) in [6.45, 7) is 4.77. The number of hydrogen-bond acceptors (Lipinski definition) is 6. The van der Waals surface area contributed by atoms with Gasteiger partial charge in [0.15, 0.2) is 5.96 Å². The lowest BCUT2D eigenvalue weighted by Crippen LogP contribution is -2.52. The van der Waals surface area contributed by atoms with Gasteiger partial charge < -0.3 is 38.5 Å². The highest BCUT2D eigenvalue weighted by Crippen LogP contribution is 2.36. The first-order valence-electron chi connectivity index (χ1n) is 13.1. The molecule has 1 aliphatic carbocycles. The van der Waals surface area contributed by atoms with E-state index in [1.54, 1.807) is 4.90 Å². The van der Waals surface area contributed by atoms with Crippen molar-refractivity contribution in [3.63, 3.8) is 0 Å². The summed E-state index contributed by atoms with van der Waals surface area (Å²) < 4.78 is 0. The van der Waals surface area contributed by atoms with Crippen LogP contribution in [-0.2, 0) is 6.54 Å². The molecule has 36 heavy (non-hydrogen) atoms. The van der Waals surface area contributed by atoms with E-state index in [0.717, 1.165) is 55.8 Å². The van der Waals surface area contributed by atoms with E-state index < -0.39 is 0 Å². The summed E-state index contributed by atoms with van der Waals surface area (Å²) >= 11 is 0. The van der Waals surface area contributed by atoms with Crippen LogP contribution < -0.4 is 43.4 Å². The minimum Gasteiger partial charge on any atom is -0.370 e. The maximum atomic E-state index is 12.9. The second-order valence-corrected chi connectivity index (χ2v) is 9.85.